The van der Waals surface area contributed by atoms with Gasteiger partial charge in [0.05, 0.1) is 12.6 Å². The molecule has 0 saturated carbocycles. The van der Waals surface area contributed by atoms with Crippen LogP contribution in [0.15, 0.2) is 18.3 Å². The van der Waals surface area contributed by atoms with Crippen LogP contribution >= 0.6 is 0 Å². The Morgan fingerprint density at radius 3 is 3.06 bits per heavy atom. The average Bonchev–Trinajstić information content (AvgIpc) is 2.53. The molecular weight excluding hydrogens is 202 g/mol. The molecule has 3 N–H and O–H groups in total. The van der Waals surface area contributed by atoms with Crippen LogP contribution in [0.25, 0.3) is 0 Å². The summed E-state index contributed by atoms with van der Waals surface area (Å²) in [6, 6.07) is 3.86. The maximum Gasteiger partial charge on any atom is 0.130 e. The minimum Gasteiger partial charge on any atom is -0.399 e. The second-order valence-corrected chi connectivity index (χ2v) is 4.33. The van der Waals surface area contributed by atoms with E-state index in [1.807, 2.05) is 6.07 Å². The standard InChI is InChI=1S/C12H19N3O/c13-10-5-6-14-12(8-10)15-7-3-1-2-4-11(15)9-16/h5-6,8,11,16H,1-4,7,9H2,(H2,13,14). The molecule has 0 aromatic carbocycles. The van der Waals surface area contributed by atoms with E-state index in [4.69, 9.17) is 5.73 Å². The van der Waals surface area contributed by atoms with Gasteiger partial charge < -0.3 is 15.7 Å². The second kappa shape index (κ2) is 5.16. The Morgan fingerprint density at radius 1 is 1.44 bits per heavy atom. The summed E-state index contributed by atoms with van der Waals surface area (Å²) in [4.78, 5) is 6.52. The van der Waals surface area contributed by atoms with Crippen LogP contribution in [0, 0.1) is 0 Å². The summed E-state index contributed by atoms with van der Waals surface area (Å²) in [5, 5.41) is 9.42. The van der Waals surface area contributed by atoms with Crippen LogP contribution < -0.4 is 10.6 Å². The average molecular weight is 221 g/mol. The first-order valence-corrected chi connectivity index (χ1v) is 5.90. The molecule has 1 aliphatic heterocycles. The third-order valence-corrected chi connectivity index (χ3v) is 3.15. The van der Waals surface area contributed by atoms with E-state index in [1.54, 1.807) is 12.3 Å². The minimum absolute atomic E-state index is 0.191. The van der Waals surface area contributed by atoms with Gasteiger partial charge in [0.25, 0.3) is 0 Å². The molecule has 1 aromatic rings. The van der Waals surface area contributed by atoms with Crippen molar-refractivity contribution in [3.63, 3.8) is 0 Å². The number of aliphatic hydroxyl groups is 1. The molecule has 0 aliphatic carbocycles. The first-order valence-electron chi connectivity index (χ1n) is 5.90. The zero-order valence-corrected chi connectivity index (χ0v) is 9.47. The number of hydrogen-bond acceptors (Lipinski definition) is 4. The zero-order valence-electron chi connectivity index (χ0n) is 9.47. The molecule has 1 atom stereocenters. The van der Waals surface area contributed by atoms with Crippen molar-refractivity contribution in [1.82, 2.24) is 4.98 Å². The molecule has 1 aromatic heterocycles. The topological polar surface area (TPSA) is 62.4 Å². The normalized spacial score (nSPS) is 21.8. The van der Waals surface area contributed by atoms with Gasteiger partial charge in [-0.25, -0.2) is 4.98 Å². The van der Waals surface area contributed by atoms with Crippen LogP contribution in [-0.4, -0.2) is 29.3 Å². The van der Waals surface area contributed by atoms with Crippen LogP contribution in [0.4, 0.5) is 11.5 Å². The summed E-state index contributed by atoms with van der Waals surface area (Å²) in [5.41, 5.74) is 6.49. The van der Waals surface area contributed by atoms with E-state index in [2.05, 4.69) is 9.88 Å². The van der Waals surface area contributed by atoms with E-state index >= 15 is 0 Å². The highest BCUT2D eigenvalue weighted by molar-refractivity contribution is 5.50. The minimum atomic E-state index is 0.191. The smallest absolute Gasteiger partial charge is 0.130 e. The Bertz CT molecular complexity index is 343. The van der Waals surface area contributed by atoms with Gasteiger partial charge in [0.2, 0.25) is 0 Å². The number of nitrogens with zero attached hydrogens (tertiary/aromatic N) is 2. The Labute approximate surface area is 96.1 Å². The molecule has 4 nitrogen and oxygen atoms in total. The van der Waals surface area contributed by atoms with Crippen molar-refractivity contribution < 1.29 is 5.11 Å². The Kier molecular flexibility index (Phi) is 3.62. The monoisotopic (exact) mass is 221 g/mol. The van der Waals surface area contributed by atoms with Crippen LogP contribution in [0.2, 0.25) is 0 Å². The number of hydrogen-bond donors (Lipinski definition) is 2. The van der Waals surface area contributed by atoms with E-state index in [-0.39, 0.29) is 12.6 Å². The third kappa shape index (κ3) is 2.44. The van der Waals surface area contributed by atoms with E-state index in [0.29, 0.717) is 0 Å². The van der Waals surface area contributed by atoms with Gasteiger partial charge in [0, 0.05) is 24.5 Å². The van der Waals surface area contributed by atoms with Crippen LogP contribution in [0.3, 0.4) is 0 Å². The highest BCUT2D eigenvalue weighted by Crippen LogP contribution is 2.23. The molecule has 1 aliphatic rings. The first-order chi connectivity index (χ1) is 7.81. The zero-order chi connectivity index (χ0) is 11.4. The second-order valence-electron chi connectivity index (χ2n) is 4.33. The SMILES string of the molecule is Nc1ccnc(N2CCCCCC2CO)c1. The first kappa shape index (κ1) is 11.2. The largest absolute Gasteiger partial charge is 0.399 e. The van der Waals surface area contributed by atoms with Crippen molar-refractivity contribution in [2.24, 2.45) is 0 Å². The number of aromatic nitrogens is 1. The van der Waals surface area contributed by atoms with E-state index < -0.39 is 0 Å². The van der Waals surface area contributed by atoms with Crippen molar-refractivity contribution in [1.29, 1.82) is 0 Å². The molecule has 2 heterocycles. The van der Waals surface area contributed by atoms with Crippen molar-refractivity contribution in [3.8, 4) is 0 Å². The Balaban J connectivity index is 2.21. The molecule has 0 amide bonds. The van der Waals surface area contributed by atoms with Gasteiger partial charge in [-0.2, -0.15) is 0 Å². The lowest BCUT2D eigenvalue weighted by atomic mass is 10.1. The van der Waals surface area contributed by atoms with Gasteiger partial charge in [-0.05, 0) is 18.9 Å². The fraction of sp³-hybridized carbons (Fsp3) is 0.583. The molecule has 1 saturated heterocycles. The third-order valence-electron chi connectivity index (χ3n) is 3.15. The lowest BCUT2D eigenvalue weighted by molar-refractivity contribution is 0.254. The summed E-state index contributed by atoms with van der Waals surface area (Å²) >= 11 is 0. The maximum atomic E-state index is 9.42. The lowest BCUT2D eigenvalue weighted by Gasteiger charge is -2.29. The van der Waals surface area contributed by atoms with Gasteiger partial charge >= 0.3 is 0 Å². The predicted octanol–water partition coefficient (Wildman–Crippen LogP) is 1.41. The number of anilines is 2. The quantitative estimate of drug-likeness (QED) is 0.792. The fourth-order valence-corrected chi connectivity index (χ4v) is 2.26. The molecule has 16 heavy (non-hydrogen) atoms. The molecule has 0 bridgehead atoms. The van der Waals surface area contributed by atoms with Gasteiger partial charge in [-0.3, -0.25) is 0 Å². The number of aliphatic hydroxyl groups excluding tert-OH is 1. The molecule has 88 valence electrons. The number of nitrogens with two attached hydrogens (primary N) is 1. The molecular formula is C12H19N3O. The highest BCUT2D eigenvalue weighted by atomic mass is 16.3. The van der Waals surface area contributed by atoms with E-state index in [1.165, 1.54) is 12.8 Å². The fourth-order valence-electron chi connectivity index (χ4n) is 2.26. The summed E-state index contributed by atoms with van der Waals surface area (Å²) in [5.74, 6) is 0.890. The van der Waals surface area contributed by atoms with Crippen LogP contribution in [-0.2, 0) is 0 Å². The summed E-state index contributed by atoms with van der Waals surface area (Å²) in [6.45, 7) is 1.15. The number of pyridine rings is 1. The molecule has 4 heteroatoms. The molecule has 2 rings (SSSR count). The Hall–Kier alpha value is -1.29. The number of nitrogen functional groups attached to an aromatic ring is 1. The van der Waals surface area contributed by atoms with Gasteiger partial charge in [0.1, 0.15) is 5.82 Å². The van der Waals surface area contributed by atoms with Gasteiger partial charge in [0.15, 0.2) is 0 Å². The van der Waals surface area contributed by atoms with Crippen molar-refractivity contribution in [2.75, 3.05) is 23.8 Å². The summed E-state index contributed by atoms with van der Waals surface area (Å²) in [6.07, 6.45) is 6.34. The molecule has 1 unspecified atom stereocenters. The maximum absolute atomic E-state index is 9.42. The van der Waals surface area contributed by atoms with Crippen molar-refractivity contribution >= 4 is 11.5 Å². The molecule has 1 fully saturated rings. The Morgan fingerprint density at radius 2 is 2.31 bits per heavy atom. The van der Waals surface area contributed by atoms with Crippen LogP contribution in [0.1, 0.15) is 25.7 Å². The van der Waals surface area contributed by atoms with Crippen molar-refractivity contribution in [3.05, 3.63) is 18.3 Å². The van der Waals surface area contributed by atoms with Crippen molar-refractivity contribution in [2.45, 2.75) is 31.7 Å². The van der Waals surface area contributed by atoms with E-state index in [0.717, 1.165) is 30.9 Å². The highest BCUT2D eigenvalue weighted by Gasteiger charge is 2.21. The predicted molar refractivity (Wildman–Crippen MR) is 65.3 cm³/mol. The van der Waals surface area contributed by atoms with Gasteiger partial charge in [-0.15, -0.1) is 0 Å². The van der Waals surface area contributed by atoms with Crippen LogP contribution in [0.5, 0.6) is 0 Å². The molecule has 0 radical (unpaired) electrons. The molecule has 0 spiro atoms. The lowest BCUT2D eigenvalue weighted by Crippen LogP contribution is -2.38. The summed E-state index contributed by atoms with van der Waals surface area (Å²) < 4.78 is 0. The van der Waals surface area contributed by atoms with E-state index in [9.17, 15) is 5.11 Å². The summed E-state index contributed by atoms with van der Waals surface area (Å²) in [7, 11) is 0. The van der Waals surface area contributed by atoms with Gasteiger partial charge in [-0.1, -0.05) is 12.8 Å². The number of rotatable bonds is 2.